The molecule has 26 heavy (non-hydrogen) atoms. The van der Waals surface area contributed by atoms with Gasteiger partial charge in [0.25, 0.3) is 0 Å². The average Bonchev–Trinajstić information content (AvgIpc) is 2.58. The third-order valence-corrected chi connectivity index (χ3v) is 3.88. The number of rotatable bonds is 9. The zero-order valence-electron chi connectivity index (χ0n) is 16.2. The van der Waals surface area contributed by atoms with Gasteiger partial charge in [0.1, 0.15) is 0 Å². The van der Waals surface area contributed by atoms with E-state index in [9.17, 15) is 9.59 Å². The highest BCUT2D eigenvalue weighted by atomic mass is 16.2. The summed E-state index contributed by atoms with van der Waals surface area (Å²) in [5, 5.41) is 5.75. The van der Waals surface area contributed by atoms with E-state index in [1.165, 1.54) is 5.57 Å². The van der Waals surface area contributed by atoms with Gasteiger partial charge in [0.05, 0.1) is 12.1 Å². The zero-order valence-corrected chi connectivity index (χ0v) is 16.2. The number of allylic oxidation sites excluding steroid dienone is 3. The maximum absolute atomic E-state index is 12.2. The van der Waals surface area contributed by atoms with E-state index in [4.69, 9.17) is 5.73 Å². The van der Waals surface area contributed by atoms with Crippen LogP contribution in [0.15, 0.2) is 53.6 Å². The van der Waals surface area contributed by atoms with Gasteiger partial charge in [-0.1, -0.05) is 47.6 Å². The Morgan fingerprint density at radius 1 is 1.15 bits per heavy atom. The van der Waals surface area contributed by atoms with Crippen molar-refractivity contribution >= 4 is 11.8 Å². The number of benzene rings is 1. The molecule has 2 unspecified atom stereocenters. The Morgan fingerprint density at radius 3 is 2.38 bits per heavy atom. The SMILES string of the molecule is CC(C)=CCC/C(C)=C/C(=O)NCC(NC(=O)C(C)N)c1ccccc1. The molecule has 0 aliphatic heterocycles. The minimum atomic E-state index is -0.603. The third kappa shape index (κ3) is 8.62. The largest absolute Gasteiger partial charge is 0.350 e. The third-order valence-electron chi connectivity index (χ3n) is 3.88. The molecule has 0 aliphatic carbocycles. The molecule has 1 aromatic rings. The first-order chi connectivity index (χ1) is 12.3. The van der Waals surface area contributed by atoms with Crippen molar-refractivity contribution < 1.29 is 9.59 Å². The summed E-state index contributed by atoms with van der Waals surface area (Å²) in [5.41, 5.74) is 8.86. The van der Waals surface area contributed by atoms with E-state index < -0.39 is 6.04 Å². The number of nitrogens with one attached hydrogen (secondary N) is 2. The molecule has 0 radical (unpaired) electrons. The topological polar surface area (TPSA) is 84.2 Å². The van der Waals surface area contributed by atoms with Crippen molar-refractivity contribution in [2.75, 3.05) is 6.54 Å². The van der Waals surface area contributed by atoms with Gasteiger partial charge in [-0.3, -0.25) is 9.59 Å². The molecule has 0 heterocycles. The highest BCUT2D eigenvalue weighted by molar-refractivity contribution is 5.88. The van der Waals surface area contributed by atoms with Crippen LogP contribution in [0.5, 0.6) is 0 Å². The van der Waals surface area contributed by atoms with E-state index in [-0.39, 0.29) is 17.9 Å². The van der Waals surface area contributed by atoms with Crippen LogP contribution < -0.4 is 16.4 Å². The van der Waals surface area contributed by atoms with E-state index in [1.54, 1.807) is 13.0 Å². The molecule has 2 atom stereocenters. The van der Waals surface area contributed by atoms with Gasteiger partial charge in [-0.25, -0.2) is 0 Å². The number of carbonyl (C=O) groups excluding carboxylic acids is 2. The Hall–Kier alpha value is -2.40. The lowest BCUT2D eigenvalue weighted by atomic mass is 10.1. The molecule has 142 valence electrons. The van der Waals surface area contributed by atoms with E-state index >= 15 is 0 Å². The Balaban J connectivity index is 2.66. The van der Waals surface area contributed by atoms with Gasteiger partial charge >= 0.3 is 0 Å². The first kappa shape index (κ1) is 21.6. The van der Waals surface area contributed by atoms with Crippen LogP contribution in [-0.4, -0.2) is 24.4 Å². The molecule has 4 N–H and O–H groups in total. The van der Waals surface area contributed by atoms with Crippen molar-refractivity contribution in [3.8, 4) is 0 Å². The molecule has 1 rings (SSSR count). The second-order valence-electron chi connectivity index (χ2n) is 6.82. The fourth-order valence-corrected chi connectivity index (χ4v) is 2.38. The van der Waals surface area contributed by atoms with Gasteiger partial charge in [0.2, 0.25) is 11.8 Å². The van der Waals surface area contributed by atoms with Crippen molar-refractivity contribution in [2.45, 2.75) is 52.6 Å². The smallest absolute Gasteiger partial charge is 0.244 e. The van der Waals surface area contributed by atoms with E-state index in [0.717, 1.165) is 24.0 Å². The van der Waals surface area contributed by atoms with E-state index in [1.807, 2.05) is 37.3 Å². The van der Waals surface area contributed by atoms with Crippen LogP contribution >= 0.6 is 0 Å². The van der Waals surface area contributed by atoms with Gasteiger partial charge in [0.15, 0.2) is 0 Å². The number of carbonyl (C=O) groups is 2. The lowest BCUT2D eigenvalue weighted by Gasteiger charge is -2.20. The Bertz CT molecular complexity index is 644. The summed E-state index contributed by atoms with van der Waals surface area (Å²) < 4.78 is 0. The fraction of sp³-hybridized carbons (Fsp3) is 0.429. The molecule has 0 fully saturated rings. The lowest BCUT2D eigenvalue weighted by molar-refractivity contribution is -0.123. The molecule has 0 saturated carbocycles. The Labute approximate surface area is 156 Å². The van der Waals surface area contributed by atoms with E-state index in [0.29, 0.717) is 6.54 Å². The summed E-state index contributed by atoms with van der Waals surface area (Å²) in [6.07, 6.45) is 5.55. The van der Waals surface area contributed by atoms with Crippen molar-refractivity contribution in [2.24, 2.45) is 5.73 Å². The zero-order chi connectivity index (χ0) is 19.5. The van der Waals surface area contributed by atoms with Crippen LogP contribution in [0.25, 0.3) is 0 Å². The number of hydrogen-bond acceptors (Lipinski definition) is 3. The maximum atomic E-state index is 12.2. The summed E-state index contributed by atoms with van der Waals surface area (Å²) in [6.45, 7) is 8.01. The van der Waals surface area contributed by atoms with Crippen LogP contribution in [0.2, 0.25) is 0 Å². The quantitative estimate of drug-likeness (QED) is 0.469. The van der Waals surface area contributed by atoms with Crippen LogP contribution in [0.3, 0.4) is 0 Å². The van der Waals surface area contributed by atoms with Crippen molar-refractivity contribution in [1.29, 1.82) is 0 Å². The highest BCUT2D eigenvalue weighted by Gasteiger charge is 2.17. The first-order valence-electron chi connectivity index (χ1n) is 8.99. The van der Waals surface area contributed by atoms with Crippen LogP contribution in [0.1, 0.15) is 52.1 Å². The molecule has 1 aromatic carbocycles. The number of hydrogen-bond donors (Lipinski definition) is 3. The average molecular weight is 357 g/mol. The minimum Gasteiger partial charge on any atom is -0.350 e. The minimum absolute atomic E-state index is 0.157. The summed E-state index contributed by atoms with van der Waals surface area (Å²) in [4.78, 5) is 24.1. The number of amides is 2. The molecule has 0 aromatic heterocycles. The van der Waals surface area contributed by atoms with Crippen molar-refractivity contribution in [3.05, 3.63) is 59.2 Å². The Kier molecular flexibility index (Phi) is 9.37. The molecular weight excluding hydrogens is 326 g/mol. The standard InChI is InChI=1S/C21H31N3O2/c1-15(2)9-8-10-16(3)13-20(25)23-14-19(24-21(26)17(4)22)18-11-6-5-7-12-18/h5-7,9,11-13,17,19H,8,10,14,22H2,1-4H3,(H,23,25)(H,24,26)/b16-13+. The predicted molar refractivity (Wildman–Crippen MR) is 106 cm³/mol. The molecule has 0 aliphatic rings. The molecular formula is C21H31N3O2. The molecule has 2 amide bonds. The molecule has 0 spiro atoms. The summed E-state index contributed by atoms with van der Waals surface area (Å²) >= 11 is 0. The van der Waals surface area contributed by atoms with Crippen molar-refractivity contribution in [1.82, 2.24) is 10.6 Å². The van der Waals surface area contributed by atoms with Crippen LogP contribution in [0, 0.1) is 0 Å². The second kappa shape index (κ2) is 11.3. The van der Waals surface area contributed by atoms with Gasteiger partial charge in [-0.05, 0) is 46.1 Å². The highest BCUT2D eigenvalue weighted by Crippen LogP contribution is 2.12. The molecule has 5 heteroatoms. The van der Waals surface area contributed by atoms with Gasteiger partial charge < -0.3 is 16.4 Å². The maximum Gasteiger partial charge on any atom is 0.244 e. The van der Waals surface area contributed by atoms with E-state index in [2.05, 4.69) is 30.6 Å². The normalized spacial score (nSPS) is 13.5. The van der Waals surface area contributed by atoms with Gasteiger partial charge in [-0.15, -0.1) is 0 Å². The van der Waals surface area contributed by atoms with Crippen molar-refractivity contribution in [3.63, 3.8) is 0 Å². The predicted octanol–water partition coefficient (Wildman–Crippen LogP) is 3.00. The van der Waals surface area contributed by atoms with Crippen LogP contribution in [0.4, 0.5) is 0 Å². The monoisotopic (exact) mass is 357 g/mol. The van der Waals surface area contributed by atoms with Crippen LogP contribution in [-0.2, 0) is 9.59 Å². The molecule has 0 saturated heterocycles. The Morgan fingerprint density at radius 2 is 1.81 bits per heavy atom. The lowest BCUT2D eigenvalue weighted by Crippen LogP contribution is -2.43. The molecule has 5 nitrogen and oxygen atoms in total. The fourth-order valence-electron chi connectivity index (χ4n) is 2.38. The van der Waals surface area contributed by atoms with Gasteiger partial charge in [-0.2, -0.15) is 0 Å². The summed E-state index contributed by atoms with van der Waals surface area (Å²) in [6, 6.07) is 8.61. The summed E-state index contributed by atoms with van der Waals surface area (Å²) in [7, 11) is 0. The molecule has 0 bridgehead atoms. The summed E-state index contributed by atoms with van der Waals surface area (Å²) in [5.74, 6) is -0.405. The number of nitrogens with two attached hydrogens (primary N) is 1. The van der Waals surface area contributed by atoms with Gasteiger partial charge in [0, 0.05) is 12.6 Å². The first-order valence-corrected chi connectivity index (χ1v) is 8.99. The second-order valence-corrected chi connectivity index (χ2v) is 6.82.